The number of hydrogen-bond donors (Lipinski definition) is 2. The number of nitrogens with one attached hydrogen (secondary N) is 2. The van der Waals surface area contributed by atoms with Crippen LogP contribution in [0.5, 0.6) is 0 Å². The maximum absolute atomic E-state index is 13.5. The van der Waals surface area contributed by atoms with E-state index in [0.717, 1.165) is 12.1 Å². The molecule has 0 radical (unpaired) electrons. The lowest BCUT2D eigenvalue weighted by molar-refractivity contribution is 0.370. The van der Waals surface area contributed by atoms with Crippen LogP contribution in [-0.4, -0.2) is 27.5 Å². The zero-order valence-electron chi connectivity index (χ0n) is 12.5. The Morgan fingerprint density at radius 1 is 1.21 bits per heavy atom. The van der Waals surface area contributed by atoms with Gasteiger partial charge in [-0.05, 0) is 42.8 Å². The second kappa shape index (κ2) is 7.60. The van der Waals surface area contributed by atoms with Crippen molar-refractivity contribution in [3.63, 3.8) is 0 Å². The van der Waals surface area contributed by atoms with Crippen LogP contribution in [-0.2, 0) is 10.0 Å². The minimum Gasteiger partial charge on any atom is -0.452 e. The van der Waals surface area contributed by atoms with Crippen molar-refractivity contribution in [2.75, 3.05) is 13.1 Å². The highest BCUT2D eigenvalue weighted by Crippen LogP contribution is 2.28. The summed E-state index contributed by atoms with van der Waals surface area (Å²) in [5.41, 5.74) is 0.567. The van der Waals surface area contributed by atoms with Gasteiger partial charge in [0.05, 0.1) is 6.26 Å². The van der Waals surface area contributed by atoms with Crippen LogP contribution in [0.4, 0.5) is 8.78 Å². The third-order valence-corrected chi connectivity index (χ3v) is 5.30. The van der Waals surface area contributed by atoms with Crippen LogP contribution in [0.1, 0.15) is 17.9 Å². The lowest BCUT2D eigenvalue weighted by atomic mass is 9.86. The summed E-state index contributed by atoms with van der Waals surface area (Å²) in [5.74, 6) is -2.11. The van der Waals surface area contributed by atoms with Crippen molar-refractivity contribution in [1.82, 2.24) is 10.0 Å². The summed E-state index contributed by atoms with van der Waals surface area (Å²) in [4.78, 5) is 0. The molecule has 0 aliphatic carbocycles. The molecule has 9 heteroatoms. The predicted octanol–water partition coefficient (Wildman–Crippen LogP) is 2.40. The lowest BCUT2D eigenvalue weighted by Crippen LogP contribution is -2.49. The molecule has 2 unspecified atom stereocenters. The van der Waals surface area contributed by atoms with Gasteiger partial charge in [-0.15, -0.1) is 12.4 Å². The average Bonchev–Trinajstić information content (AvgIpc) is 3.06. The van der Waals surface area contributed by atoms with E-state index in [4.69, 9.17) is 4.42 Å². The Bertz CT molecular complexity index is 784. The van der Waals surface area contributed by atoms with Crippen molar-refractivity contribution < 1.29 is 21.6 Å². The number of benzene rings is 1. The van der Waals surface area contributed by atoms with Crippen molar-refractivity contribution in [1.29, 1.82) is 0 Å². The number of furan rings is 1. The summed E-state index contributed by atoms with van der Waals surface area (Å²) in [5, 5.41) is 2.93. The van der Waals surface area contributed by atoms with E-state index >= 15 is 0 Å². The molecule has 0 saturated carbocycles. The molecule has 1 aliphatic heterocycles. The molecule has 132 valence electrons. The average molecular weight is 379 g/mol. The Kier molecular flexibility index (Phi) is 5.97. The summed E-state index contributed by atoms with van der Waals surface area (Å²) in [6, 6.07) is 6.03. The molecule has 1 aromatic heterocycles. The quantitative estimate of drug-likeness (QED) is 0.857. The van der Waals surface area contributed by atoms with Crippen molar-refractivity contribution in [2.45, 2.75) is 23.5 Å². The van der Waals surface area contributed by atoms with Crippen LogP contribution < -0.4 is 10.0 Å². The Hall–Kier alpha value is -1.48. The zero-order chi connectivity index (χ0) is 16.4. The number of hydrogen-bond acceptors (Lipinski definition) is 4. The number of sulfonamides is 1. The van der Waals surface area contributed by atoms with E-state index < -0.39 is 27.7 Å². The maximum Gasteiger partial charge on any atom is 0.274 e. The van der Waals surface area contributed by atoms with E-state index in [1.54, 1.807) is 0 Å². The molecular weight excluding hydrogens is 362 g/mol. The number of rotatable bonds is 4. The first-order valence-corrected chi connectivity index (χ1v) is 8.67. The Morgan fingerprint density at radius 3 is 2.67 bits per heavy atom. The van der Waals surface area contributed by atoms with Crippen LogP contribution in [0.15, 0.2) is 46.1 Å². The highest BCUT2D eigenvalue weighted by Gasteiger charge is 2.31. The summed E-state index contributed by atoms with van der Waals surface area (Å²) in [6.07, 6.45) is 1.89. The molecule has 1 aromatic carbocycles. The zero-order valence-corrected chi connectivity index (χ0v) is 14.2. The van der Waals surface area contributed by atoms with Gasteiger partial charge in [-0.25, -0.2) is 21.9 Å². The molecule has 3 rings (SSSR count). The van der Waals surface area contributed by atoms with Gasteiger partial charge in [-0.3, -0.25) is 0 Å². The van der Waals surface area contributed by atoms with Crippen molar-refractivity contribution in [2.24, 2.45) is 0 Å². The Morgan fingerprint density at radius 2 is 2.00 bits per heavy atom. The van der Waals surface area contributed by atoms with E-state index in [2.05, 4.69) is 10.0 Å². The van der Waals surface area contributed by atoms with Gasteiger partial charge in [-0.2, -0.15) is 0 Å². The molecule has 2 atom stereocenters. The van der Waals surface area contributed by atoms with Crippen LogP contribution in [0.2, 0.25) is 0 Å². The van der Waals surface area contributed by atoms with Gasteiger partial charge in [0.15, 0.2) is 11.6 Å². The van der Waals surface area contributed by atoms with Gasteiger partial charge in [0.2, 0.25) is 5.09 Å². The van der Waals surface area contributed by atoms with Crippen LogP contribution >= 0.6 is 12.4 Å². The first kappa shape index (κ1) is 18.9. The van der Waals surface area contributed by atoms with Crippen molar-refractivity contribution in [3.05, 3.63) is 53.8 Å². The van der Waals surface area contributed by atoms with Crippen LogP contribution in [0.25, 0.3) is 0 Å². The first-order chi connectivity index (χ1) is 11.0. The standard InChI is InChI=1S/C15H16F2N2O3S.ClH/c16-12-4-3-10(8-13(12)17)11-5-6-18-9-14(11)19-23(20,21)15-2-1-7-22-15;/h1-4,7-8,11,14,18-19H,5-6,9H2;1H. The fraction of sp³-hybridized carbons (Fsp3) is 0.333. The molecule has 0 amide bonds. The van der Waals surface area contributed by atoms with Crippen LogP contribution in [0.3, 0.4) is 0 Å². The van der Waals surface area contributed by atoms with Crippen molar-refractivity contribution in [3.8, 4) is 0 Å². The third-order valence-electron chi connectivity index (χ3n) is 3.92. The van der Waals surface area contributed by atoms with Crippen LogP contribution in [0, 0.1) is 11.6 Å². The molecule has 2 N–H and O–H groups in total. The molecule has 1 fully saturated rings. The van der Waals surface area contributed by atoms with Gasteiger partial charge < -0.3 is 9.73 Å². The van der Waals surface area contributed by atoms with Gasteiger partial charge >= 0.3 is 0 Å². The maximum atomic E-state index is 13.5. The SMILES string of the molecule is Cl.O=S(=O)(NC1CNCCC1c1ccc(F)c(F)c1)c1ccco1. The highest BCUT2D eigenvalue weighted by atomic mass is 35.5. The molecule has 1 aliphatic rings. The topological polar surface area (TPSA) is 71.3 Å². The first-order valence-electron chi connectivity index (χ1n) is 7.19. The van der Waals surface area contributed by atoms with E-state index in [1.807, 2.05) is 0 Å². The fourth-order valence-corrected chi connectivity index (χ4v) is 4.00. The van der Waals surface area contributed by atoms with E-state index in [1.165, 1.54) is 24.5 Å². The summed E-state index contributed by atoms with van der Waals surface area (Å²) in [6.45, 7) is 1.06. The number of halogens is 3. The molecule has 1 saturated heterocycles. The molecule has 2 heterocycles. The van der Waals surface area contributed by atoms with E-state index in [0.29, 0.717) is 25.1 Å². The molecule has 24 heavy (non-hydrogen) atoms. The largest absolute Gasteiger partial charge is 0.452 e. The van der Waals surface area contributed by atoms with E-state index in [-0.39, 0.29) is 23.4 Å². The molecule has 2 aromatic rings. The van der Waals surface area contributed by atoms with Gasteiger partial charge in [0.1, 0.15) is 0 Å². The monoisotopic (exact) mass is 378 g/mol. The second-order valence-corrected chi connectivity index (χ2v) is 7.08. The summed E-state index contributed by atoms with van der Waals surface area (Å²) >= 11 is 0. The Labute approximate surface area is 144 Å². The fourth-order valence-electron chi connectivity index (χ4n) is 2.80. The molecule has 0 spiro atoms. The van der Waals surface area contributed by atoms with Gasteiger partial charge in [0, 0.05) is 18.5 Å². The second-order valence-electron chi connectivity index (χ2n) is 5.43. The smallest absolute Gasteiger partial charge is 0.274 e. The molecule has 5 nitrogen and oxygen atoms in total. The van der Waals surface area contributed by atoms with E-state index in [9.17, 15) is 17.2 Å². The number of piperidine rings is 1. The summed E-state index contributed by atoms with van der Waals surface area (Å²) in [7, 11) is -3.80. The molecular formula is C15H17ClF2N2O3S. The molecule has 0 bridgehead atoms. The minimum absolute atomic E-state index is 0. The third kappa shape index (κ3) is 3.94. The van der Waals surface area contributed by atoms with Gasteiger partial charge in [-0.1, -0.05) is 6.07 Å². The normalized spacial score (nSPS) is 21.2. The Balaban J connectivity index is 0.00000208. The summed E-state index contributed by atoms with van der Waals surface area (Å²) < 4.78 is 58.7. The van der Waals surface area contributed by atoms with Gasteiger partial charge in [0.25, 0.3) is 10.0 Å². The lowest BCUT2D eigenvalue weighted by Gasteiger charge is -2.32. The van der Waals surface area contributed by atoms with Crippen molar-refractivity contribution >= 4 is 22.4 Å². The minimum atomic E-state index is -3.80. The predicted molar refractivity (Wildman–Crippen MR) is 86.7 cm³/mol. The highest BCUT2D eigenvalue weighted by molar-refractivity contribution is 7.89.